The average Bonchev–Trinajstić information content (AvgIpc) is 2.65. The molecule has 1 fully saturated rings. The van der Waals surface area contributed by atoms with Crippen LogP contribution in [0.25, 0.3) is 0 Å². The van der Waals surface area contributed by atoms with E-state index in [4.69, 9.17) is 0 Å². The minimum atomic E-state index is -1.09. The van der Waals surface area contributed by atoms with Gasteiger partial charge < -0.3 is 4.90 Å². The van der Waals surface area contributed by atoms with Gasteiger partial charge in [-0.1, -0.05) is 32.0 Å². The number of rotatable bonds is 9. The van der Waals surface area contributed by atoms with Gasteiger partial charge in [-0.05, 0) is 51.5 Å². The number of hydrogen-bond donors (Lipinski definition) is 1. The van der Waals surface area contributed by atoms with Crippen LogP contribution in [-0.4, -0.2) is 54.6 Å². The van der Waals surface area contributed by atoms with Gasteiger partial charge in [-0.2, -0.15) is 0 Å². The number of carbonyl (C=O) groups is 3. The number of imide groups is 2. The Labute approximate surface area is 160 Å². The molecule has 1 aliphatic rings. The summed E-state index contributed by atoms with van der Waals surface area (Å²) in [7, 11) is 0. The van der Waals surface area contributed by atoms with Gasteiger partial charge >= 0.3 is 6.03 Å². The Kier molecular flexibility index (Phi) is 7.67. The van der Waals surface area contributed by atoms with Gasteiger partial charge in [0, 0.05) is 12.3 Å². The van der Waals surface area contributed by atoms with Gasteiger partial charge in [0.1, 0.15) is 0 Å². The van der Waals surface area contributed by atoms with E-state index in [2.05, 4.69) is 29.1 Å². The van der Waals surface area contributed by atoms with Crippen molar-refractivity contribution in [3.05, 3.63) is 30.3 Å². The summed E-state index contributed by atoms with van der Waals surface area (Å²) in [6.07, 6.45) is 3.25. The van der Waals surface area contributed by atoms with Gasteiger partial charge in [-0.15, -0.1) is 0 Å². The van der Waals surface area contributed by atoms with Gasteiger partial charge in [0.2, 0.25) is 5.91 Å². The van der Waals surface area contributed by atoms with Crippen LogP contribution in [0.15, 0.2) is 35.3 Å². The molecule has 1 aromatic rings. The number of benzene rings is 1. The Bertz CT molecular complexity index is 686. The van der Waals surface area contributed by atoms with E-state index >= 15 is 0 Å². The zero-order valence-corrected chi connectivity index (χ0v) is 16.2. The zero-order chi connectivity index (χ0) is 19.8. The molecule has 146 valence electrons. The fraction of sp³-hybridized carbons (Fsp3) is 0.500. The first-order valence-electron chi connectivity index (χ1n) is 9.47. The van der Waals surface area contributed by atoms with Gasteiger partial charge in [0.25, 0.3) is 5.91 Å². The van der Waals surface area contributed by atoms with Crippen molar-refractivity contribution in [2.45, 2.75) is 39.7 Å². The number of para-hydroxylation sites is 1. The first-order valence-corrected chi connectivity index (χ1v) is 9.47. The molecule has 1 heterocycles. The molecule has 1 aliphatic heterocycles. The lowest BCUT2D eigenvalue weighted by Crippen LogP contribution is -2.58. The monoisotopic (exact) mass is 372 g/mol. The van der Waals surface area contributed by atoms with Gasteiger partial charge in [0.05, 0.1) is 5.69 Å². The number of urea groups is 1. The maximum absolute atomic E-state index is 12.7. The first kappa shape index (κ1) is 20.8. The summed E-state index contributed by atoms with van der Waals surface area (Å²) in [6, 6.07) is 7.83. The van der Waals surface area contributed by atoms with Crippen molar-refractivity contribution in [2.24, 2.45) is 10.9 Å². The molecular formula is C20H28N4O3. The number of anilines is 1. The van der Waals surface area contributed by atoms with Crippen LogP contribution >= 0.6 is 0 Å². The summed E-state index contributed by atoms with van der Waals surface area (Å²) >= 11 is 0. The highest BCUT2D eigenvalue weighted by molar-refractivity contribution is 6.32. The van der Waals surface area contributed by atoms with Crippen LogP contribution in [0.1, 0.15) is 33.6 Å². The van der Waals surface area contributed by atoms with Gasteiger partial charge in [0.15, 0.2) is 5.92 Å². The SMILES string of the molecule is CCN(CC)CCC[C@H](C)N=CC1C(=O)NC(=O)N(c2ccccc2)C1=O. The van der Waals surface area contributed by atoms with Crippen molar-refractivity contribution in [3.63, 3.8) is 0 Å². The highest BCUT2D eigenvalue weighted by Crippen LogP contribution is 2.19. The second-order valence-corrected chi connectivity index (χ2v) is 6.60. The van der Waals surface area contributed by atoms with E-state index < -0.39 is 23.8 Å². The average molecular weight is 372 g/mol. The zero-order valence-electron chi connectivity index (χ0n) is 16.2. The number of barbiturate groups is 1. The molecule has 2 rings (SSSR count). The molecule has 1 aromatic carbocycles. The predicted octanol–water partition coefficient (Wildman–Crippen LogP) is 2.47. The first-order chi connectivity index (χ1) is 13.0. The maximum atomic E-state index is 12.7. The number of hydrogen-bond acceptors (Lipinski definition) is 5. The number of aliphatic imine (C=N–C) groups is 1. The molecule has 27 heavy (non-hydrogen) atoms. The van der Waals surface area contributed by atoms with Crippen molar-refractivity contribution < 1.29 is 14.4 Å². The lowest BCUT2D eigenvalue weighted by molar-refractivity contribution is -0.131. The molecule has 0 aromatic heterocycles. The molecule has 0 radical (unpaired) electrons. The van der Waals surface area contributed by atoms with Crippen LogP contribution < -0.4 is 10.2 Å². The highest BCUT2D eigenvalue weighted by Gasteiger charge is 2.40. The van der Waals surface area contributed by atoms with E-state index in [1.165, 1.54) is 6.21 Å². The van der Waals surface area contributed by atoms with Crippen LogP contribution in [0.2, 0.25) is 0 Å². The second-order valence-electron chi connectivity index (χ2n) is 6.60. The Hall–Kier alpha value is -2.54. The molecule has 1 unspecified atom stereocenters. The third kappa shape index (κ3) is 5.47. The van der Waals surface area contributed by atoms with E-state index in [0.717, 1.165) is 37.4 Å². The molecule has 0 saturated carbocycles. The highest BCUT2D eigenvalue weighted by atomic mass is 16.2. The minimum absolute atomic E-state index is 0.00367. The molecule has 7 heteroatoms. The number of nitrogens with one attached hydrogen (secondary N) is 1. The van der Waals surface area contributed by atoms with Crippen LogP contribution in [0.5, 0.6) is 0 Å². The van der Waals surface area contributed by atoms with Crippen LogP contribution in [0.4, 0.5) is 10.5 Å². The van der Waals surface area contributed by atoms with E-state index in [-0.39, 0.29) is 6.04 Å². The standard InChI is InChI=1S/C20H28N4O3/c1-4-23(5-2)13-9-10-15(3)21-14-17-18(25)22-20(27)24(19(17)26)16-11-7-6-8-12-16/h6-8,11-12,14-15,17H,4-5,9-10,13H2,1-3H3,(H,22,25,27)/t15-,17?/m0/s1. The summed E-state index contributed by atoms with van der Waals surface area (Å²) in [5, 5.41) is 2.23. The van der Waals surface area contributed by atoms with E-state index in [1.54, 1.807) is 30.3 Å². The van der Waals surface area contributed by atoms with Gasteiger partial charge in [-0.3, -0.25) is 19.9 Å². The summed E-state index contributed by atoms with van der Waals surface area (Å²) < 4.78 is 0. The van der Waals surface area contributed by atoms with Crippen molar-refractivity contribution in [1.29, 1.82) is 0 Å². The van der Waals surface area contributed by atoms with Crippen molar-refractivity contribution in [2.75, 3.05) is 24.5 Å². The molecule has 0 bridgehead atoms. The lowest BCUT2D eigenvalue weighted by atomic mass is 10.1. The summed E-state index contributed by atoms with van der Waals surface area (Å²) in [5.74, 6) is -2.29. The molecule has 0 spiro atoms. The quantitative estimate of drug-likeness (QED) is 0.533. The minimum Gasteiger partial charge on any atom is -0.304 e. The lowest BCUT2D eigenvalue weighted by Gasteiger charge is -2.28. The fourth-order valence-corrected chi connectivity index (χ4v) is 3.00. The third-order valence-corrected chi connectivity index (χ3v) is 4.70. The third-order valence-electron chi connectivity index (χ3n) is 4.70. The molecule has 4 amide bonds. The van der Waals surface area contributed by atoms with Crippen molar-refractivity contribution >= 4 is 29.7 Å². The predicted molar refractivity (Wildman–Crippen MR) is 106 cm³/mol. The molecule has 1 N–H and O–H groups in total. The maximum Gasteiger partial charge on any atom is 0.335 e. The normalized spacial score (nSPS) is 19.0. The van der Waals surface area contributed by atoms with E-state index in [9.17, 15) is 14.4 Å². The number of carbonyl (C=O) groups excluding carboxylic acids is 3. The molecule has 1 saturated heterocycles. The Morgan fingerprint density at radius 1 is 1.19 bits per heavy atom. The van der Waals surface area contributed by atoms with E-state index in [0.29, 0.717) is 5.69 Å². The van der Waals surface area contributed by atoms with E-state index in [1.807, 2.05) is 6.92 Å². The number of amides is 4. The van der Waals surface area contributed by atoms with Crippen molar-refractivity contribution in [3.8, 4) is 0 Å². The molecule has 7 nitrogen and oxygen atoms in total. The Morgan fingerprint density at radius 2 is 1.85 bits per heavy atom. The van der Waals surface area contributed by atoms with Crippen molar-refractivity contribution in [1.82, 2.24) is 10.2 Å². The molecule has 0 aliphatic carbocycles. The second kappa shape index (κ2) is 9.97. The largest absolute Gasteiger partial charge is 0.335 e. The van der Waals surface area contributed by atoms with Crippen LogP contribution in [-0.2, 0) is 9.59 Å². The Morgan fingerprint density at radius 3 is 2.48 bits per heavy atom. The van der Waals surface area contributed by atoms with Gasteiger partial charge in [-0.25, -0.2) is 9.69 Å². The fourth-order valence-electron chi connectivity index (χ4n) is 3.00. The summed E-state index contributed by atoms with van der Waals surface area (Å²) in [5.41, 5.74) is 0.429. The molecule has 2 atom stereocenters. The number of nitrogens with zero attached hydrogens (tertiary/aromatic N) is 3. The van der Waals surface area contributed by atoms with Crippen LogP contribution in [0, 0.1) is 5.92 Å². The van der Waals surface area contributed by atoms with Crippen LogP contribution in [0.3, 0.4) is 0 Å². The Balaban J connectivity index is 1.99. The molecular weight excluding hydrogens is 344 g/mol. The summed E-state index contributed by atoms with van der Waals surface area (Å²) in [4.78, 5) is 44.6. The smallest absolute Gasteiger partial charge is 0.304 e. The topological polar surface area (TPSA) is 82.1 Å². The summed E-state index contributed by atoms with van der Waals surface area (Å²) in [6.45, 7) is 9.29.